The predicted octanol–water partition coefficient (Wildman–Crippen LogP) is 5.94. The first-order valence-electron chi connectivity index (χ1n) is 10.3. The van der Waals surface area contributed by atoms with Gasteiger partial charge in [0, 0.05) is 17.7 Å². The molecule has 2 aromatic rings. The Balaban J connectivity index is 1.64. The number of para-hydroxylation sites is 1. The number of hydrogen-bond acceptors (Lipinski definition) is 3. The molecule has 4 nitrogen and oxygen atoms in total. The number of amides is 1. The molecule has 0 heterocycles. The summed E-state index contributed by atoms with van der Waals surface area (Å²) in [6.07, 6.45) is 8.09. The fourth-order valence-corrected chi connectivity index (χ4v) is 3.61. The van der Waals surface area contributed by atoms with E-state index in [0.717, 1.165) is 24.8 Å². The van der Waals surface area contributed by atoms with Gasteiger partial charge in [-0.25, -0.2) is 0 Å². The number of hydrogen-bond donors (Lipinski definition) is 1. The van der Waals surface area contributed by atoms with Crippen molar-refractivity contribution in [2.24, 2.45) is 0 Å². The summed E-state index contributed by atoms with van der Waals surface area (Å²) in [6, 6.07) is 12.8. The molecule has 0 radical (unpaired) electrons. The topological polar surface area (TPSA) is 47.6 Å². The largest absolute Gasteiger partial charge is 0.493 e. The summed E-state index contributed by atoms with van der Waals surface area (Å²) >= 11 is 6.17. The lowest BCUT2D eigenvalue weighted by molar-refractivity contribution is 0.0954. The van der Waals surface area contributed by atoms with Crippen LogP contribution >= 0.6 is 11.6 Å². The number of rotatable bonds is 9. The van der Waals surface area contributed by atoms with Crippen LogP contribution in [-0.4, -0.2) is 19.1 Å². The van der Waals surface area contributed by atoms with Crippen LogP contribution in [-0.2, 0) is 6.61 Å². The van der Waals surface area contributed by atoms with Crippen LogP contribution in [0.4, 0.5) is 0 Å². The van der Waals surface area contributed by atoms with E-state index in [1.165, 1.54) is 18.4 Å². The Morgan fingerprint density at radius 3 is 2.72 bits per heavy atom. The fraction of sp³-hybridized carbons (Fsp3) is 0.375. The highest BCUT2D eigenvalue weighted by Gasteiger charge is 2.12. The lowest BCUT2D eigenvalue weighted by Gasteiger charge is -2.15. The predicted molar refractivity (Wildman–Crippen MR) is 117 cm³/mol. The van der Waals surface area contributed by atoms with E-state index in [1.54, 1.807) is 12.1 Å². The van der Waals surface area contributed by atoms with Crippen LogP contribution in [0.25, 0.3) is 0 Å². The first-order chi connectivity index (χ1) is 14.2. The molecule has 2 aromatic carbocycles. The van der Waals surface area contributed by atoms with Gasteiger partial charge in [-0.3, -0.25) is 4.79 Å². The lowest BCUT2D eigenvalue weighted by Crippen LogP contribution is -2.25. The maximum Gasteiger partial charge on any atom is 0.251 e. The summed E-state index contributed by atoms with van der Waals surface area (Å²) < 4.78 is 11.6. The summed E-state index contributed by atoms with van der Waals surface area (Å²) in [5, 5.41) is 3.58. The van der Waals surface area contributed by atoms with Gasteiger partial charge < -0.3 is 14.8 Å². The van der Waals surface area contributed by atoms with Gasteiger partial charge in [0.2, 0.25) is 0 Å². The average molecular weight is 414 g/mol. The van der Waals surface area contributed by atoms with E-state index >= 15 is 0 Å². The number of benzene rings is 2. The number of carbonyl (C=O) groups is 1. The van der Waals surface area contributed by atoms with Crippen LogP contribution in [0.15, 0.2) is 54.1 Å². The molecule has 0 unspecified atom stereocenters. The van der Waals surface area contributed by atoms with E-state index in [4.69, 9.17) is 21.1 Å². The molecule has 0 bridgehead atoms. The molecule has 154 valence electrons. The van der Waals surface area contributed by atoms with E-state index in [9.17, 15) is 4.79 Å². The minimum atomic E-state index is -0.0801. The highest BCUT2D eigenvalue weighted by molar-refractivity contribution is 6.32. The summed E-state index contributed by atoms with van der Waals surface area (Å²) in [4.78, 5) is 12.6. The third-order valence-corrected chi connectivity index (χ3v) is 5.27. The fourth-order valence-electron chi connectivity index (χ4n) is 3.42. The maximum absolute atomic E-state index is 12.6. The minimum absolute atomic E-state index is 0.0801. The van der Waals surface area contributed by atoms with Crippen molar-refractivity contribution in [2.75, 3.05) is 13.2 Å². The number of halogens is 1. The monoisotopic (exact) mass is 413 g/mol. The van der Waals surface area contributed by atoms with Gasteiger partial charge in [-0.05, 0) is 69.4 Å². The van der Waals surface area contributed by atoms with Gasteiger partial charge in [0.25, 0.3) is 5.91 Å². The third-order valence-electron chi connectivity index (χ3n) is 4.96. The van der Waals surface area contributed by atoms with Gasteiger partial charge in [-0.15, -0.1) is 0 Å². The number of ether oxygens (including phenoxy) is 2. The van der Waals surface area contributed by atoms with Gasteiger partial charge in [-0.1, -0.05) is 35.4 Å². The second-order valence-corrected chi connectivity index (χ2v) is 7.50. The van der Waals surface area contributed by atoms with Crippen molar-refractivity contribution in [1.82, 2.24) is 5.32 Å². The molecule has 1 aliphatic rings. The van der Waals surface area contributed by atoms with E-state index in [-0.39, 0.29) is 12.5 Å². The van der Waals surface area contributed by atoms with Gasteiger partial charge in [0.1, 0.15) is 18.1 Å². The van der Waals surface area contributed by atoms with Crippen molar-refractivity contribution in [3.8, 4) is 11.5 Å². The van der Waals surface area contributed by atoms with E-state index in [0.29, 0.717) is 35.2 Å². The Hall–Kier alpha value is -2.46. The van der Waals surface area contributed by atoms with Crippen LogP contribution in [0.5, 0.6) is 11.5 Å². The molecule has 0 aliphatic heterocycles. The summed E-state index contributed by atoms with van der Waals surface area (Å²) in [7, 11) is 0. The molecule has 1 aliphatic carbocycles. The number of carbonyl (C=O) groups excluding carboxylic acids is 1. The number of allylic oxidation sites excluding steroid dienone is 1. The zero-order valence-corrected chi connectivity index (χ0v) is 17.6. The Morgan fingerprint density at radius 1 is 1.10 bits per heavy atom. The Bertz CT molecular complexity index is 863. The Morgan fingerprint density at radius 2 is 1.97 bits per heavy atom. The number of nitrogens with one attached hydrogen (secondary N) is 1. The van der Waals surface area contributed by atoms with Gasteiger partial charge in [0.05, 0.1) is 11.6 Å². The Labute approximate surface area is 177 Å². The molecule has 3 rings (SSSR count). The van der Waals surface area contributed by atoms with Crippen LogP contribution in [0.2, 0.25) is 5.02 Å². The Kier molecular flexibility index (Phi) is 8.00. The van der Waals surface area contributed by atoms with Crippen molar-refractivity contribution in [3.05, 3.63) is 70.3 Å². The molecular weight excluding hydrogens is 386 g/mol. The lowest BCUT2D eigenvalue weighted by atomic mass is 9.97. The van der Waals surface area contributed by atoms with Gasteiger partial charge in [-0.2, -0.15) is 0 Å². The van der Waals surface area contributed by atoms with Crippen LogP contribution in [0.3, 0.4) is 0 Å². The molecule has 5 heteroatoms. The second-order valence-electron chi connectivity index (χ2n) is 7.09. The SMILES string of the molecule is CCOc1ccc(C(=O)NCCC2=CCCCC2)cc1COc1ccccc1Cl. The second kappa shape index (κ2) is 10.9. The normalized spacial score (nSPS) is 13.5. The smallest absolute Gasteiger partial charge is 0.251 e. The third kappa shape index (κ3) is 6.26. The average Bonchev–Trinajstić information content (AvgIpc) is 2.75. The van der Waals surface area contributed by atoms with E-state index in [2.05, 4.69) is 11.4 Å². The first kappa shape index (κ1) is 21.3. The zero-order chi connectivity index (χ0) is 20.5. The molecule has 0 atom stereocenters. The molecule has 0 fully saturated rings. The highest BCUT2D eigenvalue weighted by Crippen LogP contribution is 2.27. The van der Waals surface area contributed by atoms with E-state index < -0.39 is 0 Å². The van der Waals surface area contributed by atoms with E-state index in [1.807, 2.05) is 37.3 Å². The molecular formula is C24H28ClNO3. The quantitative estimate of drug-likeness (QED) is 0.517. The minimum Gasteiger partial charge on any atom is -0.493 e. The zero-order valence-electron chi connectivity index (χ0n) is 16.9. The van der Waals surface area contributed by atoms with Crippen molar-refractivity contribution >= 4 is 17.5 Å². The van der Waals surface area contributed by atoms with Crippen LogP contribution < -0.4 is 14.8 Å². The highest BCUT2D eigenvalue weighted by atomic mass is 35.5. The van der Waals surface area contributed by atoms with Crippen LogP contribution in [0, 0.1) is 0 Å². The molecule has 29 heavy (non-hydrogen) atoms. The van der Waals surface area contributed by atoms with Crippen molar-refractivity contribution < 1.29 is 14.3 Å². The first-order valence-corrected chi connectivity index (χ1v) is 10.6. The molecule has 0 saturated carbocycles. The molecule has 1 amide bonds. The van der Waals surface area contributed by atoms with Crippen molar-refractivity contribution in [3.63, 3.8) is 0 Å². The summed E-state index contributed by atoms with van der Waals surface area (Å²) in [6.45, 7) is 3.40. The summed E-state index contributed by atoms with van der Waals surface area (Å²) in [5.74, 6) is 1.24. The molecule has 1 N–H and O–H groups in total. The van der Waals surface area contributed by atoms with Gasteiger partial charge >= 0.3 is 0 Å². The summed E-state index contributed by atoms with van der Waals surface area (Å²) in [5.41, 5.74) is 2.87. The standard InChI is InChI=1S/C24H28ClNO3/c1-2-28-22-13-12-19(24(27)26-15-14-18-8-4-3-5-9-18)16-20(22)17-29-23-11-7-6-10-21(23)25/h6-8,10-13,16H,2-5,9,14-15,17H2,1H3,(H,26,27). The van der Waals surface area contributed by atoms with Crippen molar-refractivity contribution in [1.29, 1.82) is 0 Å². The van der Waals surface area contributed by atoms with Crippen LogP contribution in [0.1, 0.15) is 54.9 Å². The molecule has 0 spiro atoms. The molecule has 0 aromatic heterocycles. The molecule has 0 saturated heterocycles. The van der Waals surface area contributed by atoms with Crippen molar-refractivity contribution in [2.45, 2.75) is 45.6 Å². The van der Waals surface area contributed by atoms with Gasteiger partial charge in [0.15, 0.2) is 0 Å². The maximum atomic E-state index is 12.6.